The molecule has 0 fully saturated rings. The fraction of sp³-hybridized carbons (Fsp3) is 0.556. The summed E-state index contributed by atoms with van der Waals surface area (Å²) in [5.41, 5.74) is 1.57. The van der Waals surface area contributed by atoms with E-state index in [0.717, 1.165) is 6.54 Å². The Kier molecular flexibility index (Phi) is 1.96. The van der Waals surface area contributed by atoms with Crippen molar-refractivity contribution in [3.8, 4) is 0 Å². The maximum absolute atomic E-state index is 3.50. The van der Waals surface area contributed by atoms with Crippen molar-refractivity contribution in [2.45, 2.75) is 25.8 Å². The quantitative estimate of drug-likeness (QED) is 0.713. The van der Waals surface area contributed by atoms with E-state index in [2.05, 4.69) is 23.7 Å². The van der Waals surface area contributed by atoms with Gasteiger partial charge in [0, 0.05) is 10.9 Å². The minimum absolute atomic E-state index is 0.662. The first-order valence-corrected chi connectivity index (χ1v) is 5.09. The highest BCUT2D eigenvalue weighted by atomic mass is 32.1. The van der Waals surface area contributed by atoms with Gasteiger partial charge in [-0.05, 0) is 36.4 Å². The van der Waals surface area contributed by atoms with Crippen molar-refractivity contribution in [3.05, 3.63) is 21.9 Å². The Hall–Kier alpha value is -0.340. The van der Waals surface area contributed by atoms with Gasteiger partial charge in [0.1, 0.15) is 0 Å². The van der Waals surface area contributed by atoms with Gasteiger partial charge in [0.2, 0.25) is 0 Å². The summed E-state index contributed by atoms with van der Waals surface area (Å²) in [7, 11) is 0. The standard InChI is InChI=1S/C9H13NS/c1-2-10-8-4-3-7-5-6-11-9(7)8/h5-6,8,10H,2-4H2,1H3. The molecule has 0 amide bonds. The van der Waals surface area contributed by atoms with Crippen LogP contribution in [0.3, 0.4) is 0 Å². The Morgan fingerprint density at radius 1 is 1.73 bits per heavy atom. The Morgan fingerprint density at radius 3 is 3.45 bits per heavy atom. The van der Waals surface area contributed by atoms with Crippen molar-refractivity contribution >= 4 is 11.3 Å². The van der Waals surface area contributed by atoms with E-state index in [0.29, 0.717) is 6.04 Å². The van der Waals surface area contributed by atoms with Crippen LogP contribution in [0.15, 0.2) is 11.4 Å². The zero-order valence-corrected chi connectivity index (χ0v) is 7.58. The van der Waals surface area contributed by atoms with Crippen LogP contribution in [0.5, 0.6) is 0 Å². The summed E-state index contributed by atoms with van der Waals surface area (Å²) >= 11 is 1.90. The van der Waals surface area contributed by atoms with E-state index >= 15 is 0 Å². The summed E-state index contributed by atoms with van der Waals surface area (Å²) in [6, 6.07) is 2.92. The second-order valence-electron chi connectivity index (χ2n) is 2.96. The summed E-state index contributed by atoms with van der Waals surface area (Å²) in [5, 5.41) is 5.70. The van der Waals surface area contributed by atoms with Crippen LogP contribution in [0.4, 0.5) is 0 Å². The fourth-order valence-electron chi connectivity index (χ4n) is 1.73. The predicted octanol–water partition coefficient (Wildman–Crippen LogP) is 2.34. The minimum Gasteiger partial charge on any atom is -0.310 e. The van der Waals surface area contributed by atoms with Gasteiger partial charge < -0.3 is 5.32 Å². The van der Waals surface area contributed by atoms with Crippen LogP contribution in [-0.2, 0) is 6.42 Å². The summed E-state index contributed by atoms with van der Waals surface area (Å²) in [5.74, 6) is 0. The van der Waals surface area contributed by atoms with Crippen molar-refractivity contribution < 1.29 is 0 Å². The maximum Gasteiger partial charge on any atom is 0.0420 e. The lowest BCUT2D eigenvalue weighted by molar-refractivity contribution is 0.555. The van der Waals surface area contributed by atoms with E-state index in [9.17, 15) is 0 Å². The van der Waals surface area contributed by atoms with E-state index in [-0.39, 0.29) is 0 Å². The molecule has 11 heavy (non-hydrogen) atoms. The number of rotatable bonds is 2. The van der Waals surface area contributed by atoms with Crippen LogP contribution in [0.1, 0.15) is 29.8 Å². The normalized spacial score (nSPS) is 22.1. The van der Waals surface area contributed by atoms with Crippen molar-refractivity contribution in [1.82, 2.24) is 5.32 Å². The summed E-state index contributed by atoms with van der Waals surface area (Å²) in [6.07, 6.45) is 2.58. The first-order chi connectivity index (χ1) is 5.42. The molecule has 60 valence electrons. The van der Waals surface area contributed by atoms with Gasteiger partial charge in [0.05, 0.1) is 0 Å². The molecule has 0 saturated heterocycles. The van der Waals surface area contributed by atoms with Crippen LogP contribution >= 0.6 is 11.3 Å². The monoisotopic (exact) mass is 167 g/mol. The average Bonchev–Trinajstić information content (AvgIpc) is 2.53. The lowest BCUT2D eigenvalue weighted by Crippen LogP contribution is -2.17. The van der Waals surface area contributed by atoms with Gasteiger partial charge in [-0.25, -0.2) is 0 Å². The van der Waals surface area contributed by atoms with Crippen LogP contribution in [-0.4, -0.2) is 6.54 Å². The largest absolute Gasteiger partial charge is 0.310 e. The van der Waals surface area contributed by atoms with Crippen LogP contribution in [0, 0.1) is 0 Å². The number of nitrogens with one attached hydrogen (secondary N) is 1. The molecular weight excluding hydrogens is 154 g/mol. The van der Waals surface area contributed by atoms with Gasteiger partial charge in [-0.1, -0.05) is 6.92 Å². The van der Waals surface area contributed by atoms with E-state index in [1.807, 2.05) is 11.3 Å². The first-order valence-electron chi connectivity index (χ1n) is 4.21. The van der Waals surface area contributed by atoms with E-state index in [4.69, 9.17) is 0 Å². The molecule has 1 aromatic rings. The molecule has 1 aliphatic carbocycles. The Labute approximate surface area is 71.4 Å². The average molecular weight is 167 g/mol. The molecule has 0 radical (unpaired) electrons. The highest BCUT2D eigenvalue weighted by Gasteiger charge is 2.21. The molecule has 0 bridgehead atoms. The van der Waals surface area contributed by atoms with E-state index in [1.165, 1.54) is 12.8 Å². The lowest BCUT2D eigenvalue weighted by Gasteiger charge is -2.08. The second-order valence-corrected chi connectivity index (χ2v) is 3.91. The van der Waals surface area contributed by atoms with Crippen molar-refractivity contribution in [3.63, 3.8) is 0 Å². The molecule has 2 heteroatoms. The molecule has 0 spiro atoms. The van der Waals surface area contributed by atoms with Gasteiger partial charge in [0.25, 0.3) is 0 Å². The van der Waals surface area contributed by atoms with Gasteiger partial charge in [-0.2, -0.15) is 0 Å². The van der Waals surface area contributed by atoms with Crippen molar-refractivity contribution in [2.75, 3.05) is 6.54 Å². The number of hydrogen-bond donors (Lipinski definition) is 1. The molecule has 0 saturated carbocycles. The molecule has 1 aliphatic rings. The van der Waals surface area contributed by atoms with Crippen molar-refractivity contribution in [1.29, 1.82) is 0 Å². The second kappa shape index (κ2) is 2.95. The van der Waals surface area contributed by atoms with E-state index < -0.39 is 0 Å². The predicted molar refractivity (Wildman–Crippen MR) is 49.1 cm³/mol. The van der Waals surface area contributed by atoms with Gasteiger partial charge >= 0.3 is 0 Å². The molecule has 0 aliphatic heterocycles. The fourth-order valence-corrected chi connectivity index (χ4v) is 2.80. The summed E-state index contributed by atoms with van der Waals surface area (Å²) in [4.78, 5) is 1.58. The Bertz CT molecular complexity index is 241. The van der Waals surface area contributed by atoms with Crippen LogP contribution in [0.2, 0.25) is 0 Å². The van der Waals surface area contributed by atoms with Crippen LogP contribution < -0.4 is 5.32 Å². The zero-order valence-electron chi connectivity index (χ0n) is 6.76. The topological polar surface area (TPSA) is 12.0 Å². The SMILES string of the molecule is CCNC1CCc2ccsc21. The zero-order chi connectivity index (χ0) is 7.68. The molecule has 0 aromatic carbocycles. The highest BCUT2D eigenvalue weighted by Crippen LogP contribution is 2.34. The summed E-state index contributed by atoms with van der Waals surface area (Å²) < 4.78 is 0. The van der Waals surface area contributed by atoms with Crippen LogP contribution in [0.25, 0.3) is 0 Å². The Balaban J connectivity index is 2.18. The molecular formula is C9H13NS. The highest BCUT2D eigenvalue weighted by molar-refractivity contribution is 7.10. The third-order valence-corrected chi connectivity index (χ3v) is 3.32. The number of thiophene rings is 1. The smallest absolute Gasteiger partial charge is 0.0420 e. The number of hydrogen-bond acceptors (Lipinski definition) is 2. The molecule has 1 aromatic heterocycles. The third-order valence-electron chi connectivity index (χ3n) is 2.25. The Morgan fingerprint density at radius 2 is 2.64 bits per heavy atom. The van der Waals surface area contributed by atoms with Gasteiger partial charge in [-0.3, -0.25) is 0 Å². The van der Waals surface area contributed by atoms with E-state index in [1.54, 1.807) is 10.4 Å². The van der Waals surface area contributed by atoms with Gasteiger partial charge in [0.15, 0.2) is 0 Å². The molecule has 1 unspecified atom stereocenters. The molecule has 1 N–H and O–H groups in total. The number of aryl methyl sites for hydroxylation is 1. The molecule has 1 heterocycles. The number of fused-ring (bicyclic) bond motifs is 1. The van der Waals surface area contributed by atoms with Crippen molar-refractivity contribution in [2.24, 2.45) is 0 Å². The molecule has 1 atom stereocenters. The first kappa shape index (κ1) is 7.32. The minimum atomic E-state index is 0.662. The summed E-state index contributed by atoms with van der Waals surface area (Å²) in [6.45, 7) is 3.26. The molecule has 2 rings (SSSR count). The van der Waals surface area contributed by atoms with Gasteiger partial charge in [-0.15, -0.1) is 11.3 Å². The molecule has 1 nitrogen and oxygen atoms in total. The lowest BCUT2D eigenvalue weighted by atomic mass is 10.3. The third kappa shape index (κ3) is 1.21. The maximum atomic E-state index is 3.50.